The maximum Gasteiger partial charge on any atom is 0.453 e. The summed E-state index contributed by atoms with van der Waals surface area (Å²) in [5, 5.41) is 6.58. The number of alkyl halides is 3. The highest BCUT2D eigenvalue weighted by Gasteiger charge is 2.36. The molecule has 102 valence electrons. The van der Waals surface area contributed by atoms with Crippen molar-refractivity contribution < 1.29 is 17.9 Å². The van der Waals surface area contributed by atoms with E-state index in [0.29, 0.717) is 25.3 Å². The van der Waals surface area contributed by atoms with Crippen LogP contribution in [0.4, 0.5) is 13.2 Å². The summed E-state index contributed by atoms with van der Waals surface area (Å²) in [6.07, 6.45) is -1.60. The van der Waals surface area contributed by atoms with Crippen molar-refractivity contribution in [2.75, 3.05) is 19.8 Å². The minimum Gasteiger partial charge on any atom is -0.378 e. The summed E-state index contributed by atoms with van der Waals surface area (Å²) in [7, 11) is 0. The second kappa shape index (κ2) is 4.42. The molecule has 3 rings (SSSR count). The highest BCUT2D eigenvalue weighted by Crippen LogP contribution is 2.26. The molecule has 0 saturated carbocycles. The average Bonchev–Trinajstić information content (AvgIpc) is 2.82. The molecular weight excluding hydrogens is 263 g/mol. The molecule has 2 aromatic heterocycles. The average molecular weight is 273 g/mol. The lowest BCUT2D eigenvalue weighted by molar-refractivity contribution is -0.144. The summed E-state index contributed by atoms with van der Waals surface area (Å²) < 4.78 is 43.8. The lowest BCUT2D eigenvalue weighted by Gasteiger charge is -2.23. The van der Waals surface area contributed by atoms with Crippen LogP contribution in [0.1, 0.15) is 17.4 Å². The first-order valence-electron chi connectivity index (χ1n) is 5.65. The Morgan fingerprint density at radius 3 is 2.95 bits per heavy atom. The van der Waals surface area contributed by atoms with Gasteiger partial charge in [0.2, 0.25) is 0 Å². The zero-order chi connectivity index (χ0) is 13.5. The van der Waals surface area contributed by atoms with Crippen molar-refractivity contribution in [3.05, 3.63) is 23.8 Å². The van der Waals surface area contributed by atoms with E-state index < -0.39 is 12.0 Å². The molecule has 0 bridgehead atoms. The van der Waals surface area contributed by atoms with Crippen LogP contribution >= 0.6 is 0 Å². The van der Waals surface area contributed by atoms with E-state index in [1.165, 1.54) is 12.4 Å². The maximum atomic E-state index is 12.5. The van der Waals surface area contributed by atoms with Gasteiger partial charge in [-0.1, -0.05) is 0 Å². The van der Waals surface area contributed by atoms with Crippen LogP contribution in [-0.4, -0.2) is 39.3 Å². The Hall–Kier alpha value is -1.74. The van der Waals surface area contributed by atoms with E-state index in [2.05, 4.69) is 20.4 Å². The van der Waals surface area contributed by atoms with E-state index in [9.17, 15) is 13.2 Å². The minimum absolute atomic E-state index is 0.0761. The summed E-state index contributed by atoms with van der Waals surface area (Å²) >= 11 is 0. The fraction of sp³-hybridized carbons (Fsp3) is 0.500. The second-order valence-electron chi connectivity index (χ2n) is 4.15. The van der Waals surface area contributed by atoms with E-state index in [0.717, 1.165) is 4.52 Å². The Morgan fingerprint density at radius 2 is 2.26 bits per heavy atom. The molecule has 0 radical (unpaired) electrons. The largest absolute Gasteiger partial charge is 0.453 e. The molecule has 3 heterocycles. The summed E-state index contributed by atoms with van der Waals surface area (Å²) in [5.41, 5.74) is 0.714. The molecule has 6 nitrogen and oxygen atoms in total. The van der Waals surface area contributed by atoms with Gasteiger partial charge in [-0.05, 0) is 0 Å². The van der Waals surface area contributed by atoms with Gasteiger partial charge in [0, 0.05) is 24.5 Å². The lowest BCUT2D eigenvalue weighted by Crippen LogP contribution is -2.34. The molecule has 0 aromatic carbocycles. The van der Waals surface area contributed by atoms with Crippen molar-refractivity contribution in [2.24, 2.45) is 0 Å². The summed E-state index contributed by atoms with van der Waals surface area (Å²) in [6.45, 7) is 1.76. The van der Waals surface area contributed by atoms with Gasteiger partial charge >= 0.3 is 6.18 Å². The van der Waals surface area contributed by atoms with Crippen LogP contribution in [0.5, 0.6) is 0 Å². The van der Waals surface area contributed by atoms with Crippen molar-refractivity contribution in [1.29, 1.82) is 0 Å². The monoisotopic (exact) mass is 273 g/mol. The number of fused-ring (bicyclic) bond motifs is 1. The SMILES string of the molecule is FC(F)(F)c1nc2ncc(C3COCCN3)cn2n1. The zero-order valence-electron chi connectivity index (χ0n) is 9.68. The topological polar surface area (TPSA) is 64.3 Å². The van der Waals surface area contributed by atoms with Gasteiger partial charge in [0.15, 0.2) is 0 Å². The van der Waals surface area contributed by atoms with Gasteiger partial charge in [0.25, 0.3) is 11.6 Å². The van der Waals surface area contributed by atoms with Crippen molar-refractivity contribution >= 4 is 5.78 Å². The third kappa shape index (κ3) is 2.38. The molecule has 1 N–H and O–H groups in total. The third-order valence-electron chi connectivity index (χ3n) is 2.79. The van der Waals surface area contributed by atoms with E-state index in [1.807, 2.05) is 0 Å². The third-order valence-corrected chi connectivity index (χ3v) is 2.79. The first-order valence-corrected chi connectivity index (χ1v) is 5.65. The number of hydrogen-bond donors (Lipinski definition) is 1. The number of morpholine rings is 1. The van der Waals surface area contributed by atoms with Crippen molar-refractivity contribution in [3.63, 3.8) is 0 Å². The van der Waals surface area contributed by atoms with E-state index in [-0.39, 0.29) is 11.8 Å². The smallest absolute Gasteiger partial charge is 0.378 e. The minimum atomic E-state index is -4.57. The molecule has 1 saturated heterocycles. The van der Waals surface area contributed by atoms with E-state index >= 15 is 0 Å². The van der Waals surface area contributed by atoms with Gasteiger partial charge in [0.05, 0.1) is 19.3 Å². The van der Waals surface area contributed by atoms with Gasteiger partial charge in [0.1, 0.15) is 0 Å². The maximum absolute atomic E-state index is 12.5. The fourth-order valence-corrected chi connectivity index (χ4v) is 1.88. The van der Waals surface area contributed by atoms with Gasteiger partial charge in [-0.2, -0.15) is 18.2 Å². The van der Waals surface area contributed by atoms with Crippen LogP contribution in [0.2, 0.25) is 0 Å². The van der Waals surface area contributed by atoms with Crippen LogP contribution in [0.25, 0.3) is 5.78 Å². The Labute approximate surface area is 105 Å². The number of nitrogens with one attached hydrogen (secondary N) is 1. The lowest BCUT2D eigenvalue weighted by atomic mass is 10.1. The number of ether oxygens (including phenoxy) is 1. The molecule has 19 heavy (non-hydrogen) atoms. The van der Waals surface area contributed by atoms with Gasteiger partial charge in [-0.3, -0.25) is 0 Å². The van der Waals surface area contributed by atoms with Crippen LogP contribution < -0.4 is 5.32 Å². The Morgan fingerprint density at radius 1 is 1.42 bits per heavy atom. The molecule has 0 spiro atoms. The molecule has 1 aliphatic rings. The molecule has 0 aliphatic carbocycles. The fourth-order valence-electron chi connectivity index (χ4n) is 1.88. The summed E-state index contributed by atoms with van der Waals surface area (Å²) in [5.74, 6) is -1.27. The van der Waals surface area contributed by atoms with Gasteiger partial charge < -0.3 is 10.1 Å². The Bertz CT molecular complexity index is 590. The summed E-state index contributed by atoms with van der Waals surface area (Å²) in [6, 6.07) is -0.0933. The van der Waals surface area contributed by atoms with Gasteiger partial charge in [-0.15, -0.1) is 5.10 Å². The van der Waals surface area contributed by atoms with Crippen LogP contribution in [0, 0.1) is 0 Å². The molecular formula is C10H10F3N5O. The highest BCUT2D eigenvalue weighted by atomic mass is 19.4. The van der Waals surface area contributed by atoms with Crippen molar-refractivity contribution in [1.82, 2.24) is 24.9 Å². The Kier molecular flexibility index (Phi) is 2.86. The number of aromatic nitrogens is 4. The number of nitrogens with zero attached hydrogens (tertiary/aromatic N) is 4. The number of rotatable bonds is 1. The highest BCUT2D eigenvalue weighted by molar-refractivity contribution is 5.29. The van der Waals surface area contributed by atoms with Crippen LogP contribution in [0.3, 0.4) is 0 Å². The molecule has 1 unspecified atom stereocenters. The normalized spacial score (nSPS) is 20.9. The number of halogens is 3. The first kappa shape index (κ1) is 12.3. The molecule has 1 atom stereocenters. The molecule has 1 aliphatic heterocycles. The predicted octanol–water partition coefficient (Wildman–Crippen LogP) is 0.804. The predicted molar refractivity (Wildman–Crippen MR) is 57.3 cm³/mol. The quantitative estimate of drug-likeness (QED) is 0.832. The van der Waals surface area contributed by atoms with Gasteiger partial charge in [-0.25, -0.2) is 9.50 Å². The van der Waals surface area contributed by atoms with Crippen molar-refractivity contribution in [3.8, 4) is 0 Å². The van der Waals surface area contributed by atoms with Crippen LogP contribution in [-0.2, 0) is 10.9 Å². The molecule has 2 aromatic rings. The molecule has 1 fully saturated rings. The Balaban J connectivity index is 1.96. The van der Waals surface area contributed by atoms with E-state index in [4.69, 9.17) is 4.74 Å². The molecule has 0 amide bonds. The van der Waals surface area contributed by atoms with Crippen molar-refractivity contribution in [2.45, 2.75) is 12.2 Å². The van der Waals surface area contributed by atoms with Crippen LogP contribution in [0.15, 0.2) is 12.4 Å². The first-order chi connectivity index (χ1) is 9.04. The van der Waals surface area contributed by atoms with E-state index in [1.54, 1.807) is 0 Å². The number of hydrogen-bond acceptors (Lipinski definition) is 5. The second-order valence-corrected chi connectivity index (χ2v) is 4.15. The standard InChI is InChI=1S/C10H10F3N5O/c11-10(12,13)8-16-9-15-3-6(4-18(9)17-8)7-5-19-2-1-14-7/h3-4,7,14H,1-2,5H2. The molecule has 9 heteroatoms. The zero-order valence-corrected chi connectivity index (χ0v) is 9.68. The summed E-state index contributed by atoms with van der Waals surface area (Å²) in [4.78, 5) is 7.22.